The fourth-order valence-electron chi connectivity index (χ4n) is 4.46. The fourth-order valence-corrected chi connectivity index (χ4v) is 4.46. The number of ether oxygens (including phenoxy) is 2. The first-order valence-corrected chi connectivity index (χ1v) is 11.3. The van der Waals surface area contributed by atoms with Gasteiger partial charge in [0.2, 0.25) is 6.41 Å². The molecule has 2 N–H and O–H groups in total. The molecular formula is C24H28N4O7. The van der Waals surface area contributed by atoms with Gasteiger partial charge in [-0.1, -0.05) is 6.07 Å². The number of furan rings is 1. The summed E-state index contributed by atoms with van der Waals surface area (Å²) in [6, 6.07) is 6.43. The minimum absolute atomic E-state index is 0.0864. The molecule has 2 aliphatic rings. The van der Waals surface area contributed by atoms with Crippen molar-refractivity contribution in [3.63, 3.8) is 0 Å². The molecule has 0 aliphatic carbocycles. The summed E-state index contributed by atoms with van der Waals surface area (Å²) in [5.74, 6) is 1.38. The summed E-state index contributed by atoms with van der Waals surface area (Å²) in [6.07, 6.45) is 0.420. The molecule has 186 valence electrons. The van der Waals surface area contributed by atoms with Crippen LogP contribution in [0.15, 0.2) is 28.7 Å². The summed E-state index contributed by atoms with van der Waals surface area (Å²) in [7, 11) is 1.54. The molecule has 2 aromatic rings. The molecule has 0 fully saturated rings. The molecule has 1 atom stereocenters. The third kappa shape index (κ3) is 4.79. The number of nitrogens with zero attached hydrogens (tertiary/aromatic N) is 2. The van der Waals surface area contributed by atoms with Crippen molar-refractivity contribution in [2.45, 2.75) is 38.9 Å². The van der Waals surface area contributed by atoms with E-state index in [0.717, 1.165) is 11.1 Å². The van der Waals surface area contributed by atoms with Crippen LogP contribution in [-0.4, -0.2) is 61.0 Å². The van der Waals surface area contributed by atoms with Crippen molar-refractivity contribution in [2.75, 3.05) is 26.8 Å². The van der Waals surface area contributed by atoms with Gasteiger partial charge in [0.25, 0.3) is 5.91 Å². The van der Waals surface area contributed by atoms with Gasteiger partial charge >= 0.3 is 12.1 Å². The second-order valence-electron chi connectivity index (χ2n) is 8.66. The SMILES string of the molecule is CCOC(=O)N1CCc2cc([C@](C)(CN3Cc4ccc(OC)cc4C3=O)NC(=O)NC=O)oc2C1. The molecular weight excluding hydrogens is 456 g/mol. The lowest BCUT2D eigenvalue weighted by molar-refractivity contribution is -0.108. The number of carbonyl (C=O) groups excluding carboxylic acids is 4. The molecule has 11 heteroatoms. The van der Waals surface area contributed by atoms with E-state index in [2.05, 4.69) is 10.6 Å². The molecule has 4 rings (SSSR count). The molecule has 11 nitrogen and oxygen atoms in total. The maximum atomic E-state index is 13.2. The van der Waals surface area contributed by atoms with Gasteiger partial charge in [0, 0.05) is 18.7 Å². The van der Waals surface area contributed by atoms with Crippen LogP contribution in [0.4, 0.5) is 9.59 Å². The predicted molar refractivity (Wildman–Crippen MR) is 123 cm³/mol. The van der Waals surface area contributed by atoms with E-state index in [-0.39, 0.29) is 32.0 Å². The highest BCUT2D eigenvalue weighted by Crippen LogP contribution is 2.34. The standard InChI is InChI=1S/C24H28N4O7/c1-4-34-23(32)27-8-7-15-9-20(35-19(15)12-27)24(2,26-22(31)25-14-29)13-28-11-16-5-6-17(33-3)10-18(16)21(28)30/h5-6,9-10,14H,4,7-8,11-13H2,1-3H3,(H2,25,26,29,31)/t24-/m0/s1. The maximum Gasteiger partial charge on any atom is 0.410 e. The van der Waals surface area contributed by atoms with Crippen LogP contribution in [0.5, 0.6) is 5.75 Å². The van der Waals surface area contributed by atoms with Gasteiger partial charge in [-0.15, -0.1) is 0 Å². The Kier molecular flexibility index (Phi) is 6.68. The van der Waals surface area contributed by atoms with Gasteiger partial charge in [-0.3, -0.25) is 14.9 Å². The van der Waals surface area contributed by atoms with Crippen LogP contribution in [0, 0.1) is 0 Å². The number of rotatable bonds is 7. The number of fused-ring (bicyclic) bond motifs is 2. The van der Waals surface area contributed by atoms with E-state index in [1.165, 1.54) is 7.11 Å². The molecule has 0 unspecified atom stereocenters. The molecule has 1 aromatic carbocycles. The van der Waals surface area contributed by atoms with Gasteiger partial charge in [0.05, 0.1) is 26.8 Å². The summed E-state index contributed by atoms with van der Waals surface area (Å²) in [5.41, 5.74) is 1.12. The van der Waals surface area contributed by atoms with Crippen LogP contribution in [0.2, 0.25) is 0 Å². The largest absolute Gasteiger partial charge is 0.497 e. The van der Waals surface area contributed by atoms with Crippen molar-refractivity contribution >= 4 is 24.4 Å². The molecule has 35 heavy (non-hydrogen) atoms. The monoisotopic (exact) mass is 484 g/mol. The van der Waals surface area contributed by atoms with Crippen molar-refractivity contribution in [1.82, 2.24) is 20.4 Å². The van der Waals surface area contributed by atoms with Gasteiger partial charge in [-0.05, 0) is 49.6 Å². The normalized spacial score (nSPS) is 16.1. The van der Waals surface area contributed by atoms with E-state index >= 15 is 0 Å². The van der Waals surface area contributed by atoms with Gasteiger partial charge in [-0.25, -0.2) is 9.59 Å². The predicted octanol–water partition coefficient (Wildman–Crippen LogP) is 2.13. The third-order valence-corrected chi connectivity index (χ3v) is 6.23. The highest BCUT2D eigenvalue weighted by Gasteiger charge is 2.40. The minimum atomic E-state index is -1.17. The van der Waals surface area contributed by atoms with Crippen molar-refractivity contribution in [3.8, 4) is 5.75 Å². The number of nitrogens with one attached hydrogen (secondary N) is 2. The van der Waals surface area contributed by atoms with E-state index < -0.39 is 17.7 Å². The molecule has 0 spiro atoms. The minimum Gasteiger partial charge on any atom is -0.497 e. The third-order valence-electron chi connectivity index (χ3n) is 6.23. The summed E-state index contributed by atoms with van der Waals surface area (Å²) in [6.45, 7) is 4.89. The zero-order valence-electron chi connectivity index (χ0n) is 19.9. The summed E-state index contributed by atoms with van der Waals surface area (Å²) in [4.78, 5) is 51.7. The van der Waals surface area contributed by atoms with E-state index in [1.54, 1.807) is 35.8 Å². The Hall–Kier alpha value is -4.02. The van der Waals surface area contributed by atoms with Gasteiger partial charge < -0.3 is 29.0 Å². The lowest BCUT2D eigenvalue weighted by Crippen LogP contribution is -2.53. The molecule has 5 amide bonds. The Morgan fingerprint density at radius 1 is 1.23 bits per heavy atom. The first kappa shape index (κ1) is 24.1. The number of benzene rings is 1. The first-order valence-electron chi connectivity index (χ1n) is 11.3. The van der Waals surface area contributed by atoms with E-state index in [1.807, 2.05) is 12.1 Å². The van der Waals surface area contributed by atoms with Crippen LogP contribution < -0.4 is 15.4 Å². The molecule has 0 bridgehead atoms. The number of urea groups is 1. The Labute approximate surface area is 202 Å². The highest BCUT2D eigenvalue weighted by molar-refractivity contribution is 5.98. The molecule has 1 aromatic heterocycles. The van der Waals surface area contributed by atoms with Crippen molar-refractivity contribution in [3.05, 3.63) is 52.5 Å². The van der Waals surface area contributed by atoms with Crippen LogP contribution in [0.1, 0.15) is 46.9 Å². The van der Waals surface area contributed by atoms with E-state index in [0.29, 0.717) is 42.3 Å². The Balaban J connectivity index is 1.61. The zero-order chi connectivity index (χ0) is 25.2. The smallest absolute Gasteiger partial charge is 0.410 e. The van der Waals surface area contributed by atoms with Crippen LogP contribution in [-0.2, 0) is 34.6 Å². The fraction of sp³-hybridized carbons (Fsp3) is 0.417. The maximum absolute atomic E-state index is 13.2. The number of carbonyl (C=O) groups is 4. The average molecular weight is 485 g/mol. The van der Waals surface area contributed by atoms with Gasteiger partial charge in [0.1, 0.15) is 22.8 Å². The number of hydrogen-bond donors (Lipinski definition) is 2. The Morgan fingerprint density at radius 2 is 2.03 bits per heavy atom. The lowest BCUT2D eigenvalue weighted by atomic mass is 9.96. The van der Waals surface area contributed by atoms with Crippen molar-refractivity contribution < 1.29 is 33.1 Å². The topological polar surface area (TPSA) is 130 Å². The molecule has 0 radical (unpaired) electrons. The van der Waals surface area contributed by atoms with E-state index in [4.69, 9.17) is 13.9 Å². The first-order chi connectivity index (χ1) is 16.8. The van der Waals surface area contributed by atoms with Crippen LogP contribution in [0.25, 0.3) is 0 Å². The second-order valence-corrected chi connectivity index (χ2v) is 8.66. The van der Waals surface area contributed by atoms with Crippen LogP contribution in [0.3, 0.4) is 0 Å². The summed E-state index contributed by atoms with van der Waals surface area (Å²) >= 11 is 0. The van der Waals surface area contributed by atoms with Crippen molar-refractivity contribution in [1.29, 1.82) is 0 Å². The molecule has 0 saturated heterocycles. The second kappa shape index (κ2) is 9.69. The molecule has 3 heterocycles. The highest BCUT2D eigenvalue weighted by atomic mass is 16.6. The number of imide groups is 1. The molecule has 0 saturated carbocycles. The average Bonchev–Trinajstić information content (AvgIpc) is 3.40. The number of hydrogen-bond acceptors (Lipinski definition) is 7. The summed E-state index contributed by atoms with van der Waals surface area (Å²) < 4.78 is 16.5. The number of methoxy groups -OCH3 is 1. The van der Waals surface area contributed by atoms with Gasteiger partial charge in [-0.2, -0.15) is 0 Å². The number of amides is 5. The Morgan fingerprint density at radius 3 is 2.74 bits per heavy atom. The van der Waals surface area contributed by atoms with Gasteiger partial charge in [0.15, 0.2) is 0 Å². The van der Waals surface area contributed by atoms with Crippen LogP contribution >= 0.6 is 0 Å². The lowest BCUT2D eigenvalue weighted by Gasteiger charge is -2.32. The zero-order valence-corrected chi connectivity index (χ0v) is 19.9. The van der Waals surface area contributed by atoms with E-state index in [9.17, 15) is 19.2 Å². The quantitative estimate of drug-likeness (QED) is 0.576. The van der Waals surface area contributed by atoms with Crippen molar-refractivity contribution in [2.24, 2.45) is 0 Å². The molecule has 2 aliphatic heterocycles. The Bertz CT molecular complexity index is 1160. The summed E-state index contributed by atoms with van der Waals surface area (Å²) in [5, 5.41) is 4.85.